The van der Waals surface area contributed by atoms with Crippen molar-refractivity contribution in [2.75, 3.05) is 13.2 Å². The summed E-state index contributed by atoms with van der Waals surface area (Å²) in [5, 5.41) is 0. The smallest absolute Gasteiger partial charge is 0.429 e. The van der Waals surface area contributed by atoms with Gasteiger partial charge in [0.05, 0.1) is 6.61 Å². The largest absolute Gasteiger partial charge is 0.598 e. The number of hydrogen-bond acceptors (Lipinski definition) is 6. The number of phosphoric acid groups is 1. The van der Waals surface area contributed by atoms with Crippen molar-refractivity contribution in [3.63, 3.8) is 0 Å². The number of rotatable bonds is 3. The Morgan fingerprint density at radius 1 is 0.917 bits per heavy atom. The van der Waals surface area contributed by atoms with Crippen molar-refractivity contribution < 1.29 is 27.9 Å². The lowest BCUT2D eigenvalue weighted by atomic mass is 10.1. The summed E-state index contributed by atoms with van der Waals surface area (Å²) in [4.78, 5) is 12.6. The third-order valence-electron chi connectivity index (χ3n) is 3.82. The van der Waals surface area contributed by atoms with Crippen LogP contribution in [0.25, 0.3) is 0 Å². The summed E-state index contributed by atoms with van der Waals surface area (Å²) in [6, 6.07) is 18.4. The molecule has 4 atom stereocenters. The zero-order valence-corrected chi connectivity index (χ0v) is 13.7. The standard InChI is InChI=1S/C17H17O6P/c18-24(22-14-9-5-2-6-10-14)20-12-15-16(23-24)11-19-17(21-15)13-7-3-1-4-8-13/h1-10,15-17H,11-12H2. The van der Waals surface area contributed by atoms with E-state index in [9.17, 15) is 4.89 Å². The fraction of sp³-hybridized carbons (Fsp3) is 0.294. The Hall–Kier alpha value is -1.53. The molecule has 2 aromatic rings. The fourth-order valence-corrected chi connectivity index (χ4v) is 4.02. The van der Waals surface area contributed by atoms with Gasteiger partial charge >= 0.3 is 8.17 Å². The molecule has 2 aromatic carbocycles. The zero-order chi connectivity index (χ0) is 16.4. The van der Waals surface area contributed by atoms with E-state index in [4.69, 9.17) is 23.0 Å². The highest BCUT2D eigenvalue weighted by atomic mass is 31.2. The Labute approximate surface area is 140 Å². The van der Waals surface area contributed by atoms with E-state index in [-0.39, 0.29) is 19.3 Å². The molecule has 2 saturated heterocycles. The molecule has 2 aliphatic rings. The van der Waals surface area contributed by atoms with Gasteiger partial charge in [-0.15, -0.1) is 0 Å². The molecule has 4 rings (SSSR count). The Balaban J connectivity index is 1.41. The van der Waals surface area contributed by atoms with Gasteiger partial charge in [-0.3, -0.25) is 4.52 Å². The summed E-state index contributed by atoms with van der Waals surface area (Å²) in [5.41, 5.74) is 0.922. The van der Waals surface area contributed by atoms with Gasteiger partial charge in [-0.05, 0) is 12.1 Å². The quantitative estimate of drug-likeness (QED) is 0.795. The molecular formula is C17H17O6P. The molecule has 0 saturated carbocycles. The average Bonchev–Trinajstić information content (AvgIpc) is 2.62. The second-order valence-corrected chi connectivity index (χ2v) is 7.09. The molecule has 0 spiro atoms. The first-order valence-corrected chi connectivity index (χ1v) is 9.18. The lowest BCUT2D eigenvalue weighted by molar-refractivity contribution is -0.309. The van der Waals surface area contributed by atoms with Crippen LogP contribution < -0.4 is 9.42 Å². The van der Waals surface area contributed by atoms with Gasteiger partial charge in [-0.2, -0.15) is 9.05 Å². The van der Waals surface area contributed by atoms with Crippen molar-refractivity contribution in [1.29, 1.82) is 0 Å². The van der Waals surface area contributed by atoms with Crippen molar-refractivity contribution in [3.8, 4) is 5.75 Å². The Kier molecular flexibility index (Phi) is 4.50. The van der Waals surface area contributed by atoms with E-state index >= 15 is 0 Å². The maximum atomic E-state index is 12.6. The molecule has 0 N–H and O–H groups in total. The molecule has 4 unspecified atom stereocenters. The summed E-state index contributed by atoms with van der Waals surface area (Å²) >= 11 is 0. The average molecular weight is 348 g/mol. The SMILES string of the molecule is [O-][P+]1(Oc2ccccc2)OCC2OC(c3ccccc3)OCC2O1. The molecule has 0 amide bonds. The highest BCUT2D eigenvalue weighted by molar-refractivity contribution is 7.54. The zero-order valence-electron chi connectivity index (χ0n) is 12.8. The van der Waals surface area contributed by atoms with Gasteiger partial charge in [0.25, 0.3) is 0 Å². The monoisotopic (exact) mass is 348 g/mol. The first-order chi connectivity index (χ1) is 11.7. The summed E-state index contributed by atoms with van der Waals surface area (Å²) < 4.78 is 27.9. The Morgan fingerprint density at radius 2 is 1.62 bits per heavy atom. The molecule has 6 nitrogen and oxygen atoms in total. The number of phosphoric ester groups is 1. The highest BCUT2D eigenvalue weighted by Gasteiger charge is 2.50. The minimum absolute atomic E-state index is 0.126. The van der Waals surface area contributed by atoms with Crippen LogP contribution in [0.15, 0.2) is 60.7 Å². The minimum atomic E-state index is -3.68. The number of para-hydroxylation sites is 1. The van der Waals surface area contributed by atoms with Crippen LogP contribution in [0.3, 0.4) is 0 Å². The molecule has 7 heteroatoms. The molecule has 126 valence electrons. The molecule has 24 heavy (non-hydrogen) atoms. The molecule has 2 fully saturated rings. The molecule has 0 bridgehead atoms. The van der Waals surface area contributed by atoms with Crippen molar-refractivity contribution >= 4 is 8.17 Å². The Morgan fingerprint density at radius 3 is 2.38 bits per heavy atom. The third kappa shape index (κ3) is 3.44. The number of ether oxygens (including phenoxy) is 2. The van der Waals surface area contributed by atoms with Crippen molar-refractivity contribution in [1.82, 2.24) is 0 Å². The molecule has 0 aromatic heterocycles. The van der Waals surface area contributed by atoms with E-state index in [1.165, 1.54) is 0 Å². The predicted molar refractivity (Wildman–Crippen MR) is 84.8 cm³/mol. The molecule has 0 radical (unpaired) electrons. The van der Waals surface area contributed by atoms with Crippen LogP contribution in [0, 0.1) is 0 Å². The van der Waals surface area contributed by atoms with Gasteiger partial charge in [0, 0.05) is 5.56 Å². The van der Waals surface area contributed by atoms with Crippen LogP contribution in [-0.4, -0.2) is 25.4 Å². The summed E-state index contributed by atoms with van der Waals surface area (Å²) in [6.07, 6.45) is -1.33. The lowest BCUT2D eigenvalue weighted by Gasteiger charge is -2.41. The predicted octanol–water partition coefficient (Wildman–Crippen LogP) is 2.63. The van der Waals surface area contributed by atoms with Crippen molar-refractivity contribution in [2.45, 2.75) is 18.5 Å². The minimum Gasteiger partial charge on any atom is -0.598 e. The van der Waals surface area contributed by atoms with E-state index < -0.39 is 20.6 Å². The molecule has 0 aliphatic carbocycles. The van der Waals surface area contributed by atoms with Crippen molar-refractivity contribution in [2.24, 2.45) is 0 Å². The van der Waals surface area contributed by atoms with Crippen LogP contribution in [0.2, 0.25) is 0 Å². The molecular weight excluding hydrogens is 331 g/mol. The second kappa shape index (κ2) is 6.76. The third-order valence-corrected chi connectivity index (χ3v) is 5.25. The van der Waals surface area contributed by atoms with Crippen LogP contribution in [-0.2, 0) is 18.5 Å². The first-order valence-electron chi connectivity index (χ1n) is 7.71. The van der Waals surface area contributed by atoms with Crippen LogP contribution in [0.4, 0.5) is 0 Å². The van der Waals surface area contributed by atoms with Gasteiger partial charge in [0.15, 0.2) is 18.1 Å². The van der Waals surface area contributed by atoms with E-state index in [0.717, 1.165) is 5.56 Å². The van der Waals surface area contributed by atoms with E-state index in [0.29, 0.717) is 5.75 Å². The van der Waals surface area contributed by atoms with Gasteiger partial charge < -0.3 is 14.4 Å². The Bertz CT molecular complexity index is 669. The van der Waals surface area contributed by atoms with Crippen LogP contribution in [0.1, 0.15) is 11.9 Å². The normalized spacial score (nSPS) is 32.8. The number of hydrogen-bond donors (Lipinski definition) is 0. The van der Waals surface area contributed by atoms with Crippen LogP contribution >= 0.6 is 8.17 Å². The van der Waals surface area contributed by atoms with E-state index in [1.54, 1.807) is 24.3 Å². The van der Waals surface area contributed by atoms with Gasteiger partial charge in [0.2, 0.25) is 0 Å². The van der Waals surface area contributed by atoms with Gasteiger partial charge in [0.1, 0.15) is 12.7 Å². The highest BCUT2D eigenvalue weighted by Crippen LogP contribution is 2.58. The fourth-order valence-electron chi connectivity index (χ4n) is 2.62. The van der Waals surface area contributed by atoms with Crippen LogP contribution in [0.5, 0.6) is 5.75 Å². The number of fused-ring (bicyclic) bond motifs is 1. The molecule has 2 heterocycles. The maximum absolute atomic E-state index is 12.6. The van der Waals surface area contributed by atoms with Crippen molar-refractivity contribution in [3.05, 3.63) is 66.2 Å². The summed E-state index contributed by atoms with van der Waals surface area (Å²) in [5.74, 6) is 0.430. The summed E-state index contributed by atoms with van der Waals surface area (Å²) in [6.45, 7) is 0.386. The number of benzene rings is 2. The maximum Gasteiger partial charge on any atom is 0.429 e. The summed E-state index contributed by atoms with van der Waals surface area (Å²) in [7, 11) is -3.68. The van der Waals surface area contributed by atoms with Gasteiger partial charge in [-0.25, -0.2) is 0 Å². The van der Waals surface area contributed by atoms with Gasteiger partial charge in [-0.1, -0.05) is 48.5 Å². The molecule has 2 aliphatic heterocycles. The van der Waals surface area contributed by atoms with E-state index in [2.05, 4.69) is 0 Å². The first kappa shape index (κ1) is 16.0. The topological polar surface area (TPSA) is 69.2 Å². The second-order valence-electron chi connectivity index (χ2n) is 5.54. The lowest BCUT2D eigenvalue weighted by Crippen LogP contribution is -2.49. The van der Waals surface area contributed by atoms with E-state index in [1.807, 2.05) is 36.4 Å².